The van der Waals surface area contributed by atoms with Crippen LogP contribution in [0.3, 0.4) is 0 Å². The van der Waals surface area contributed by atoms with E-state index in [0.29, 0.717) is 19.6 Å². The molecule has 134 valence electrons. The van der Waals surface area contributed by atoms with Gasteiger partial charge in [-0.1, -0.05) is 0 Å². The van der Waals surface area contributed by atoms with Gasteiger partial charge in [-0.2, -0.15) is 13.2 Å². The van der Waals surface area contributed by atoms with Gasteiger partial charge in [0, 0.05) is 48.8 Å². The molecule has 1 aromatic heterocycles. The van der Waals surface area contributed by atoms with Gasteiger partial charge in [-0.3, -0.25) is 0 Å². The third-order valence-corrected chi connectivity index (χ3v) is 4.01. The van der Waals surface area contributed by atoms with Gasteiger partial charge in [0.05, 0.1) is 13.5 Å². The smallest absolute Gasteiger partial charge is 0.390 e. The van der Waals surface area contributed by atoms with Gasteiger partial charge >= 0.3 is 6.18 Å². The van der Waals surface area contributed by atoms with Gasteiger partial charge in [0.2, 0.25) is 0 Å². The van der Waals surface area contributed by atoms with Crippen molar-refractivity contribution in [2.45, 2.75) is 26.1 Å². The van der Waals surface area contributed by atoms with Gasteiger partial charge in [0.25, 0.3) is 0 Å². The maximum Gasteiger partial charge on any atom is 0.390 e. The van der Waals surface area contributed by atoms with E-state index in [1.54, 1.807) is 7.11 Å². The van der Waals surface area contributed by atoms with Gasteiger partial charge in [-0.15, -0.1) is 0 Å². The van der Waals surface area contributed by atoms with Crippen molar-refractivity contribution in [3.63, 3.8) is 0 Å². The largest absolute Gasteiger partial charge is 0.496 e. The minimum Gasteiger partial charge on any atom is -0.496 e. The zero-order valence-corrected chi connectivity index (χ0v) is 14.3. The highest BCUT2D eigenvalue weighted by atomic mass is 19.4. The molecule has 1 heterocycles. The van der Waals surface area contributed by atoms with Crippen molar-refractivity contribution in [2.24, 2.45) is 0 Å². The van der Waals surface area contributed by atoms with Crippen LogP contribution in [0, 0.1) is 6.92 Å². The number of hydrogen-bond acceptors (Lipinski definition) is 3. The normalized spacial score (nSPS) is 12.3. The number of benzene rings is 1. The van der Waals surface area contributed by atoms with E-state index in [1.165, 1.54) is 0 Å². The highest BCUT2D eigenvalue weighted by Crippen LogP contribution is 2.31. The molecule has 2 rings (SSSR count). The molecule has 2 N–H and O–H groups in total. The molecule has 0 fully saturated rings. The zero-order valence-electron chi connectivity index (χ0n) is 14.3. The minimum atomic E-state index is -4.10. The summed E-state index contributed by atoms with van der Waals surface area (Å²) in [5.74, 6) is 0.830. The second-order valence-electron chi connectivity index (χ2n) is 5.99. The molecule has 0 atom stereocenters. The molecule has 4 nitrogen and oxygen atoms in total. The standard InChI is InChI=1S/C17H24F3N3O/c1-12-10-15(24-3)14(13-4-6-22-16(12)13)11-23(2)9-8-21-7-5-17(18,19)20/h4,6,10,21-22H,5,7-9,11H2,1-3H3. The zero-order chi connectivity index (χ0) is 17.7. The number of rotatable bonds is 8. The Labute approximate surface area is 140 Å². The molecule has 0 aliphatic carbocycles. The lowest BCUT2D eigenvalue weighted by Crippen LogP contribution is -2.31. The summed E-state index contributed by atoms with van der Waals surface area (Å²) in [4.78, 5) is 5.30. The first-order valence-corrected chi connectivity index (χ1v) is 7.91. The molecule has 0 amide bonds. The van der Waals surface area contributed by atoms with E-state index in [4.69, 9.17) is 4.74 Å². The number of aromatic amines is 1. The van der Waals surface area contributed by atoms with Crippen molar-refractivity contribution in [3.8, 4) is 5.75 Å². The SMILES string of the molecule is COc1cc(C)c2[nH]ccc2c1CN(C)CCNCCC(F)(F)F. The second kappa shape index (κ2) is 7.90. The lowest BCUT2D eigenvalue weighted by molar-refractivity contribution is -0.133. The summed E-state index contributed by atoms with van der Waals surface area (Å²) >= 11 is 0. The van der Waals surface area contributed by atoms with E-state index in [-0.39, 0.29) is 6.54 Å². The third kappa shape index (κ3) is 4.88. The van der Waals surface area contributed by atoms with E-state index >= 15 is 0 Å². The number of nitrogens with one attached hydrogen (secondary N) is 2. The van der Waals surface area contributed by atoms with Crippen LogP contribution >= 0.6 is 0 Å². The average molecular weight is 343 g/mol. The predicted octanol–water partition coefficient (Wildman–Crippen LogP) is 3.46. The van der Waals surface area contributed by atoms with E-state index < -0.39 is 12.6 Å². The number of alkyl halides is 3. The third-order valence-electron chi connectivity index (χ3n) is 4.01. The van der Waals surface area contributed by atoms with Crippen LogP contribution in [-0.2, 0) is 6.54 Å². The predicted molar refractivity (Wildman–Crippen MR) is 89.5 cm³/mol. The van der Waals surface area contributed by atoms with Crippen molar-refractivity contribution in [1.29, 1.82) is 0 Å². The van der Waals surface area contributed by atoms with Crippen molar-refractivity contribution < 1.29 is 17.9 Å². The Bertz CT molecular complexity index is 667. The molecule has 1 aromatic carbocycles. The minimum absolute atomic E-state index is 0.0484. The number of H-pyrrole nitrogens is 1. The molecule has 0 spiro atoms. The summed E-state index contributed by atoms with van der Waals surface area (Å²) in [7, 11) is 3.60. The average Bonchev–Trinajstić information content (AvgIpc) is 2.98. The van der Waals surface area contributed by atoms with Gasteiger partial charge in [0.15, 0.2) is 0 Å². The molecule has 0 unspecified atom stereocenters. The molecular formula is C17H24F3N3O. The van der Waals surface area contributed by atoms with Gasteiger partial charge < -0.3 is 19.9 Å². The van der Waals surface area contributed by atoms with E-state index in [2.05, 4.69) is 15.2 Å². The fourth-order valence-corrected chi connectivity index (χ4v) is 2.76. The number of fused-ring (bicyclic) bond motifs is 1. The maximum atomic E-state index is 12.1. The molecule has 7 heteroatoms. The molecule has 24 heavy (non-hydrogen) atoms. The Kier molecular flexibility index (Phi) is 6.12. The van der Waals surface area contributed by atoms with Crippen molar-refractivity contribution in [2.75, 3.05) is 33.8 Å². The summed E-state index contributed by atoms with van der Waals surface area (Å²) in [6.07, 6.45) is -3.00. The lowest BCUT2D eigenvalue weighted by atomic mass is 10.0. The van der Waals surface area contributed by atoms with E-state index in [0.717, 1.165) is 27.8 Å². The first-order chi connectivity index (χ1) is 11.3. The number of ether oxygens (including phenoxy) is 1. The van der Waals surface area contributed by atoms with Crippen LogP contribution in [-0.4, -0.2) is 49.9 Å². The van der Waals surface area contributed by atoms with Crippen LogP contribution in [0.15, 0.2) is 18.3 Å². The van der Waals surface area contributed by atoms with E-state index in [9.17, 15) is 13.2 Å². The second-order valence-corrected chi connectivity index (χ2v) is 5.99. The van der Waals surface area contributed by atoms with Crippen molar-refractivity contribution in [3.05, 3.63) is 29.5 Å². The number of halogens is 3. The van der Waals surface area contributed by atoms with Gasteiger partial charge in [-0.25, -0.2) is 0 Å². The van der Waals surface area contributed by atoms with Crippen LogP contribution in [0.4, 0.5) is 13.2 Å². The summed E-state index contributed by atoms with van der Waals surface area (Å²) in [6.45, 7) is 3.81. The summed E-state index contributed by atoms with van der Waals surface area (Å²) in [5.41, 5.74) is 3.28. The fraction of sp³-hybridized carbons (Fsp3) is 0.529. The van der Waals surface area contributed by atoms with Crippen molar-refractivity contribution in [1.82, 2.24) is 15.2 Å². The Morgan fingerprint density at radius 1 is 1.29 bits per heavy atom. The van der Waals surface area contributed by atoms with Gasteiger partial charge in [0.1, 0.15) is 5.75 Å². The molecule has 0 radical (unpaired) electrons. The lowest BCUT2D eigenvalue weighted by Gasteiger charge is -2.20. The van der Waals surface area contributed by atoms with Crippen molar-refractivity contribution >= 4 is 10.9 Å². The Hall–Kier alpha value is -1.73. The first-order valence-electron chi connectivity index (χ1n) is 7.91. The number of methoxy groups -OCH3 is 1. The Morgan fingerprint density at radius 3 is 2.71 bits per heavy atom. The summed E-state index contributed by atoms with van der Waals surface area (Å²) in [6, 6.07) is 4.03. The highest BCUT2D eigenvalue weighted by Gasteiger charge is 2.25. The maximum absolute atomic E-state index is 12.1. The number of likely N-dealkylation sites (N-methyl/N-ethyl adjacent to an activating group) is 1. The quantitative estimate of drug-likeness (QED) is 0.721. The monoisotopic (exact) mass is 343 g/mol. The molecule has 2 aromatic rings. The summed E-state index contributed by atoms with van der Waals surface area (Å²) < 4.78 is 41.8. The number of aryl methyl sites for hydroxylation is 1. The van der Waals surface area contributed by atoms with Crippen LogP contribution in [0.25, 0.3) is 10.9 Å². The fourth-order valence-electron chi connectivity index (χ4n) is 2.76. The Balaban J connectivity index is 1.94. The molecule has 0 saturated carbocycles. The molecule has 0 saturated heterocycles. The number of aromatic nitrogens is 1. The van der Waals surface area contributed by atoms with Gasteiger partial charge in [-0.05, 0) is 31.7 Å². The molecular weight excluding hydrogens is 319 g/mol. The highest BCUT2D eigenvalue weighted by molar-refractivity contribution is 5.88. The van der Waals surface area contributed by atoms with Crippen LogP contribution in [0.2, 0.25) is 0 Å². The van der Waals surface area contributed by atoms with Crippen LogP contribution in [0.1, 0.15) is 17.5 Å². The summed E-state index contributed by atoms with van der Waals surface area (Å²) in [5, 5.41) is 3.94. The number of hydrogen-bond donors (Lipinski definition) is 2. The number of nitrogens with zero attached hydrogens (tertiary/aromatic N) is 1. The Morgan fingerprint density at radius 2 is 2.04 bits per heavy atom. The topological polar surface area (TPSA) is 40.3 Å². The molecule has 0 aliphatic rings. The van der Waals surface area contributed by atoms with Crippen LogP contribution < -0.4 is 10.1 Å². The molecule has 0 aliphatic heterocycles. The molecule has 0 bridgehead atoms. The van der Waals surface area contributed by atoms with E-state index in [1.807, 2.05) is 32.3 Å². The first kappa shape index (κ1) is 18.6. The van der Waals surface area contributed by atoms with Crippen LogP contribution in [0.5, 0.6) is 5.75 Å².